The van der Waals surface area contributed by atoms with Gasteiger partial charge in [0.15, 0.2) is 0 Å². The third-order valence-corrected chi connectivity index (χ3v) is 1.55. The van der Waals surface area contributed by atoms with E-state index in [1.165, 1.54) is 6.26 Å². The van der Waals surface area contributed by atoms with Crippen molar-refractivity contribution in [2.24, 2.45) is 0 Å². The zero-order valence-corrected chi connectivity index (χ0v) is 7.70. The minimum Gasteiger partial charge on any atom is -0.469 e. The van der Waals surface area contributed by atoms with Gasteiger partial charge in [-0.1, -0.05) is 0 Å². The number of carbonyl (C=O) groups excluding carboxylic acids is 1. The van der Waals surface area contributed by atoms with Crippen LogP contribution in [0.4, 0.5) is 0 Å². The highest BCUT2D eigenvalue weighted by molar-refractivity contribution is 5.93. The summed E-state index contributed by atoms with van der Waals surface area (Å²) in [4.78, 5) is 11.3. The Bertz CT molecular complexity index is 291. The molecular formula is C9H13NO3. The summed E-state index contributed by atoms with van der Waals surface area (Å²) < 4.78 is 4.97. The molecule has 1 rings (SSSR count). The van der Waals surface area contributed by atoms with Crippen LogP contribution in [0.3, 0.4) is 0 Å². The molecule has 0 bridgehead atoms. The van der Waals surface area contributed by atoms with Gasteiger partial charge in [0.1, 0.15) is 12.0 Å². The van der Waals surface area contributed by atoms with Crippen LogP contribution in [-0.2, 0) is 0 Å². The van der Waals surface area contributed by atoms with Crippen LogP contribution in [0.5, 0.6) is 0 Å². The number of aryl methyl sites for hydroxylation is 1. The zero-order chi connectivity index (χ0) is 9.84. The van der Waals surface area contributed by atoms with Crippen molar-refractivity contribution in [3.63, 3.8) is 0 Å². The Morgan fingerprint density at radius 3 is 2.92 bits per heavy atom. The molecule has 13 heavy (non-hydrogen) atoms. The molecule has 4 heteroatoms. The normalized spacial score (nSPS) is 12.5. The summed E-state index contributed by atoms with van der Waals surface area (Å²) >= 11 is 0. The van der Waals surface area contributed by atoms with Crippen LogP contribution >= 0.6 is 0 Å². The van der Waals surface area contributed by atoms with Crippen LogP contribution in [0.25, 0.3) is 0 Å². The lowest BCUT2D eigenvalue weighted by Gasteiger charge is -2.04. The lowest BCUT2D eigenvalue weighted by Crippen LogP contribution is -2.30. The number of nitrogens with one attached hydrogen (secondary N) is 1. The van der Waals surface area contributed by atoms with Gasteiger partial charge in [0.25, 0.3) is 5.91 Å². The van der Waals surface area contributed by atoms with Crippen molar-refractivity contribution >= 4 is 5.91 Å². The maximum Gasteiger partial charge on any atom is 0.254 e. The van der Waals surface area contributed by atoms with Gasteiger partial charge in [-0.15, -0.1) is 0 Å². The maximum atomic E-state index is 11.3. The van der Waals surface area contributed by atoms with E-state index >= 15 is 0 Å². The molecule has 0 saturated carbocycles. The molecule has 0 spiro atoms. The number of rotatable bonds is 3. The molecular weight excluding hydrogens is 170 g/mol. The van der Waals surface area contributed by atoms with Crippen molar-refractivity contribution in [3.8, 4) is 0 Å². The molecule has 1 amide bonds. The highest BCUT2D eigenvalue weighted by Gasteiger charge is 2.08. The summed E-state index contributed by atoms with van der Waals surface area (Å²) in [5.74, 6) is 0.472. The second kappa shape index (κ2) is 4.09. The van der Waals surface area contributed by atoms with E-state index in [0.29, 0.717) is 11.3 Å². The van der Waals surface area contributed by atoms with Gasteiger partial charge in [-0.2, -0.15) is 0 Å². The van der Waals surface area contributed by atoms with E-state index in [2.05, 4.69) is 5.32 Å². The topological polar surface area (TPSA) is 62.5 Å². The minimum atomic E-state index is -0.531. The number of amides is 1. The molecule has 4 nitrogen and oxygen atoms in total. The van der Waals surface area contributed by atoms with Crippen LogP contribution in [0.2, 0.25) is 0 Å². The first-order chi connectivity index (χ1) is 6.09. The summed E-state index contributed by atoms with van der Waals surface area (Å²) in [6.45, 7) is 3.63. The largest absolute Gasteiger partial charge is 0.469 e. The highest BCUT2D eigenvalue weighted by atomic mass is 16.3. The lowest BCUT2D eigenvalue weighted by molar-refractivity contribution is 0.0923. The van der Waals surface area contributed by atoms with E-state index in [4.69, 9.17) is 9.52 Å². The van der Waals surface area contributed by atoms with E-state index in [1.54, 1.807) is 19.9 Å². The van der Waals surface area contributed by atoms with Gasteiger partial charge < -0.3 is 14.8 Å². The average Bonchev–Trinajstić information content (AvgIpc) is 2.47. The summed E-state index contributed by atoms with van der Waals surface area (Å²) in [6, 6.07) is 1.65. The molecule has 0 saturated heterocycles. The van der Waals surface area contributed by atoms with Crippen LogP contribution < -0.4 is 5.32 Å². The molecule has 0 aliphatic heterocycles. The fourth-order valence-corrected chi connectivity index (χ4v) is 0.905. The molecule has 0 aliphatic carbocycles. The molecule has 0 radical (unpaired) electrons. The predicted molar refractivity (Wildman–Crippen MR) is 47.5 cm³/mol. The Morgan fingerprint density at radius 2 is 2.46 bits per heavy atom. The van der Waals surface area contributed by atoms with Gasteiger partial charge >= 0.3 is 0 Å². The van der Waals surface area contributed by atoms with Crippen LogP contribution in [0.15, 0.2) is 16.7 Å². The number of aliphatic hydroxyl groups is 1. The number of hydrogen-bond donors (Lipinski definition) is 2. The Morgan fingerprint density at radius 1 is 1.77 bits per heavy atom. The third-order valence-electron chi connectivity index (χ3n) is 1.55. The highest BCUT2D eigenvalue weighted by Crippen LogP contribution is 2.05. The molecule has 1 heterocycles. The van der Waals surface area contributed by atoms with Crippen molar-refractivity contribution in [2.45, 2.75) is 20.0 Å². The Hall–Kier alpha value is -1.29. The van der Waals surface area contributed by atoms with Crippen molar-refractivity contribution in [1.29, 1.82) is 0 Å². The lowest BCUT2D eigenvalue weighted by atomic mass is 10.3. The number of furan rings is 1. The number of hydrogen-bond acceptors (Lipinski definition) is 3. The van der Waals surface area contributed by atoms with Gasteiger partial charge in [-0.3, -0.25) is 4.79 Å². The number of carbonyl (C=O) groups is 1. The standard InChI is InChI=1S/C9H13NO3/c1-6(11)4-10-9(12)8-3-7(2)13-5-8/h3,5-6,11H,4H2,1-2H3,(H,10,12)/t6-/m0/s1. The number of aliphatic hydroxyl groups excluding tert-OH is 1. The van der Waals surface area contributed by atoms with Crippen molar-refractivity contribution in [2.75, 3.05) is 6.54 Å². The van der Waals surface area contributed by atoms with Crippen molar-refractivity contribution in [3.05, 3.63) is 23.7 Å². The van der Waals surface area contributed by atoms with Gasteiger partial charge in [-0.25, -0.2) is 0 Å². The summed E-state index contributed by atoms with van der Waals surface area (Å²) in [5, 5.41) is 11.5. The Labute approximate surface area is 76.6 Å². The predicted octanol–water partition coefficient (Wildman–Crippen LogP) is 0.699. The SMILES string of the molecule is Cc1cc(C(=O)NC[C@H](C)O)co1. The summed E-state index contributed by atoms with van der Waals surface area (Å²) in [7, 11) is 0. The Balaban J connectivity index is 2.49. The van der Waals surface area contributed by atoms with Crippen LogP contribution in [-0.4, -0.2) is 23.7 Å². The van der Waals surface area contributed by atoms with Crippen molar-refractivity contribution < 1.29 is 14.3 Å². The molecule has 1 aromatic heterocycles. The molecule has 1 atom stereocenters. The van der Waals surface area contributed by atoms with E-state index in [0.717, 1.165) is 0 Å². The minimum absolute atomic E-state index is 0.224. The van der Waals surface area contributed by atoms with Crippen LogP contribution in [0, 0.1) is 6.92 Å². The molecule has 1 aromatic rings. The molecule has 0 aliphatic rings. The fourth-order valence-electron chi connectivity index (χ4n) is 0.905. The zero-order valence-electron chi connectivity index (χ0n) is 7.70. The van der Waals surface area contributed by atoms with Gasteiger partial charge in [0.2, 0.25) is 0 Å². The first-order valence-corrected chi connectivity index (χ1v) is 4.11. The maximum absolute atomic E-state index is 11.3. The van der Waals surface area contributed by atoms with E-state index in [9.17, 15) is 4.79 Å². The molecule has 2 N–H and O–H groups in total. The van der Waals surface area contributed by atoms with E-state index in [-0.39, 0.29) is 12.5 Å². The van der Waals surface area contributed by atoms with Gasteiger partial charge in [0.05, 0.1) is 11.7 Å². The van der Waals surface area contributed by atoms with Gasteiger partial charge in [0, 0.05) is 6.54 Å². The first kappa shape index (κ1) is 9.80. The molecule has 0 aromatic carbocycles. The average molecular weight is 183 g/mol. The Kier molecular flexibility index (Phi) is 3.08. The van der Waals surface area contributed by atoms with Gasteiger partial charge in [-0.05, 0) is 19.9 Å². The summed E-state index contributed by atoms with van der Waals surface area (Å²) in [6.07, 6.45) is 0.865. The monoisotopic (exact) mass is 183 g/mol. The first-order valence-electron chi connectivity index (χ1n) is 4.11. The second-order valence-corrected chi connectivity index (χ2v) is 3.01. The quantitative estimate of drug-likeness (QED) is 0.725. The van der Waals surface area contributed by atoms with Crippen molar-refractivity contribution in [1.82, 2.24) is 5.32 Å². The van der Waals surface area contributed by atoms with E-state index in [1.807, 2.05) is 0 Å². The molecule has 0 fully saturated rings. The smallest absolute Gasteiger partial charge is 0.254 e. The van der Waals surface area contributed by atoms with E-state index < -0.39 is 6.10 Å². The van der Waals surface area contributed by atoms with Crippen LogP contribution in [0.1, 0.15) is 23.0 Å². The molecule has 0 unspecified atom stereocenters. The molecule has 72 valence electrons. The third kappa shape index (κ3) is 2.91. The fraction of sp³-hybridized carbons (Fsp3) is 0.444. The summed E-state index contributed by atoms with van der Waals surface area (Å²) in [5.41, 5.74) is 0.484. The second-order valence-electron chi connectivity index (χ2n) is 3.01.